The lowest BCUT2D eigenvalue weighted by molar-refractivity contribution is -0.140. The van der Waals surface area contributed by atoms with Crippen LogP contribution in [0.25, 0.3) is 0 Å². The van der Waals surface area contributed by atoms with Gasteiger partial charge < -0.3 is 10.4 Å². The summed E-state index contributed by atoms with van der Waals surface area (Å²) in [6.07, 6.45) is 3.39. The number of rotatable bonds is 3. The molecular formula is C9H8ClN3O3. The first-order valence-electron chi connectivity index (χ1n) is 4.57. The van der Waals surface area contributed by atoms with Crippen molar-refractivity contribution in [2.24, 2.45) is 0 Å². The summed E-state index contributed by atoms with van der Waals surface area (Å²) in [5, 5.41) is 11.4. The Morgan fingerprint density at radius 2 is 2.12 bits per heavy atom. The molecule has 2 rings (SSSR count). The van der Waals surface area contributed by atoms with Crippen molar-refractivity contribution in [3.8, 4) is 0 Å². The first-order chi connectivity index (χ1) is 7.53. The van der Waals surface area contributed by atoms with Crippen LogP contribution < -0.4 is 5.32 Å². The molecule has 1 amide bonds. The minimum absolute atomic E-state index is 0.0139. The molecule has 84 valence electrons. The highest BCUT2D eigenvalue weighted by molar-refractivity contribution is 6.29. The van der Waals surface area contributed by atoms with Crippen LogP contribution in [0.5, 0.6) is 0 Å². The molecule has 0 radical (unpaired) electrons. The second kappa shape index (κ2) is 3.71. The molecule has 1 aliphatic rings. The molecule has 2 N–H and O–H groups in total. The summed E-state index contributed by atoms with van der Waals surface area (Å²) in [6, 6.07) is 0. The number of aromatic nitrogens is 2. The predicted molar refractivity (Wildman–Crippen MR) is 54.1 cm³/mol. The van der Waals surface area contributed by atoms with Crippen molar-refractivity contribution in [3.63, 3.8) is 0 Å². The van der Waals surface area contributed by atoms with Gasteiger partial charge in [0.25, 0.3) is 5.91 Å². The van der Waals surface area contributed by atoms with Crippen molar-refractivity contribution in [2.45, 2.75) is 18.4 Å². The molecular weight excluding hydrogens is 234 g/mol. The molecule has 1 aromatic heterocycles. The van der Waals surface area contributed by atoms with Crippen molar-refractivity contribution < 1.29 is 14.7 Å². The van der Waals surface area contributed by atoms with E-state index in [0.717, 1.165) is 0 Å². The summed E-state index contributed by atoms with van der Waals surface area (Å²) in [7, 11) is 0. The Bertz CT molecular complexity index is 459. The van der Waals surface area contributed by atoms with Gasteiger partial charge in [0, 0.05) is 0 Å². The van der Waals surface area contributed by atoms with Crippen LogP contribution in [0, 0.1) is 0 Å². The number of hydrogen-bond acceptors (Lipinski definition) is 4. The lowest BCUT2D eigenvalue weighted by atomic mass is 10.2. The van der Waals surface area contributed by atoms with Crippen molar-refractivity contribution in [1.82, 2.24) is 15.3 Å². The molecule has 1 heterocycles. The molecule has 1 saturated carbocycles. The summed E-state index contributed by atoms with van der Waals surface area (Å²) in [5.74, 6) is -1.61. The molecule has 1 aliphatic carbocycles. The van der Waals surface area contributed by atoms with E-state index in [1.54, 1.807) is 0 Å². The standard InChI is InChI=1S/C9H8ClN3O3/c10-6-4-11-3-5(12-6)7(14)13-9(1-2-9)8(15)16/h3-4H,1-2H2,(H,13,14)(H,15,16). The molecule has 0 aliphatic heterocycles. The van der Waals surface area contributed by atoms with Crippen molar-refractivity contribution in [2.75, 3.05) is 0 Å². The predicted octanol–water partition coefficient (Wildman–Crippen LogP) is 0.477. The Labute approximate surface area is 95.7 Å². The summed E-state index contributed by atoms with van der Waals surface area (Å²) in [5.41, 5.74) is -1.11. The summed E-state index contributed by atoms with van der Waals surface area (Å²) >= 11 is 5.57. The fourth-order valence-electron chi connectivity index (χ4n) is 1.25. The van der Waals surface area contributed by atoms with E-state index in [9.17, 15) is 9.59 Å². The van der Waals surface area contributed by atoms with E-state index in [-0.39, 0.29) is 10.8 Å². The minimum Gasteiger partial charge on any atom is -0.480 e. The van der Waals surface area contributed by atoms with E-state index in [1.165, 1.54) is 12.4 Å². The van der Waals surface area contributed by atoms with Crippen molar-refractivity contribution in [3.05, 3.63) is 23.2 Å². The van der Waals surface area contributed by atoms with E-state index in [0.29, 0.717) is 12.8 Å². The second-order valence-corrected chi connectivity index (χ2v) is 3.96. The Balaban J connectivity index is 2.12. The van der Waals surface area contributed by atoms with E-state index < -0.39 is 17.4 Å². The largest absolute Gasteiger partial charge is 0.480 e. The fraction of sp³-hybridized carbons (Fsp3) is 0.333. The Morgan fingerprint density at radius 3 is 2.62 bits per heavy atom. The first-order valence-corrected chi connectivity index (χ1v) is 4.95. The van der Waals surface area contributed by atoms with Gasteiger partial charge in [0.2, 0.25) is 0 Å². The molecule has 7 heteroatoms. The normalized spacial score (nSPS) is 16.6. The van der Waals surface area contributed by atoms with Crippen LogP contribution in [0.2, 0.25) is 5.15 Å². The maximum Gasteiger partial charge on any atom is 0.329 e. The van der Waals surface area contributed by atoms with Gasteiger partial charge in [-0.2, -0.15) is 0 Å². The maximum atomic E-state index is 11.6. The van der Waals surface area contributed by atoms with Crippen molar-refractivity contribution in [1.29, 1.82) is 0 Å². The molecule has 1 fully saturated rings. The van der Waals surface area contributed by atoms with Crippen LogP contribution in [0.1, 0.15) is 23.3 Å². The zero-order valence-electron chi connectivity index (χ0n) is 8.11. The van der Waals surface area contributed by atoms with E-state index in [2.05, 4.69) is 15.3 Å². The number of nitrogens with one attached hydrogen (secondary N) is 1. The molecule has 1 aromatic rings. The van der Waals surface area contributed by atoms with Gasteiger partial charge in [-0.15, -0.1) is 0 Å². The second-order valence-electron chi connectivity index (χ2n) is 3.57. The average molecular weight is 242 g/mol. The zero-order valence-corrected chi connectivity index (χ0v) is 8.86. The molecule has 0 unspecified atom stereocenters. The third kappa shape index (κ3) is 1.96. The highest BCUT2D eigenvalue weighted by Crippen LogP contribution is 2.35. The molecule has 6 nitrogen and oxygen atoms in total. The number of carboxylic acids is 1. The topological polar surface area (TPSA) is 92.2 Å². The van der Waals surface area contributed by atoms with Gasteiger partial charge in [0.1, 0.15) is 16.4 Å². The van der Waals surface area contributed by atoms with E-state index in [4.69, 9.17) is 16.7 Å². The Hall–Kier alpha value is -1.69. The van der Waals surface area contributed by atoms with Gasteiger partial charge in [0.05, 0.1) is 12.4 Å². The third-order valence-electron chi connectivity index (χ3n) is 2.35. The number of carbonyl (C=O) groups is 2. The zero-order chi connectivity index (χ0) is 11.8. The van der Waals surface area contributed by atoms with Crippen LogP contribution in [-0.2, 0) is 4.79 Å². The fourth-order valence-corrected chi connectivity index (χ4v) is 1.40. The highest BCUT2D eigenvalue weighted by Gasteiger charge is 2.51. The average Bonchev–Trinajstić information content (AvgIpc) is 2.99. The summed E-state index contributed by atoms with van der Waals surface area (Å²) in [6.45, 7) is 0. The number of aliphatic carboxylic acids is 1. The Kier molecular flexibility index (Phi) is 2.51. The minimum atomic E-state index is -1.12. The van der Waals surface area contributed by atoms with Gasteiger partial charge in [-0.3, -0.25) is 9.78 Å². The van der Waals surface area contributed by atoms with Crippen LogP contribution in [-0.4, -0.2) is 32.5 Å². The SMILES string of the molecule is O=C(NC1(C(=O)O)CC1)c1cncc(Cl)n1. The van der Waals surface area contributed by atoms with Crippen molar-refractivity contribution >= 4 is 23.5 Å². The van der Waals surface area contributed by atoms with Gasteiger partial charge >= 0.3 is 5.97 Å². The number of hydrogen-bond donors (Lipinski definition) is 2. The molecule has 0 aromatic carbocycles. The lowest BCUT2D eigenvalue weighted by Gasteiger charge is -2.11. The van der Waals surface area contributed by atoms with Gasteiger partial charge in [-0.05, 0) is 12.8 Å². The molecule has 0 spiro atoms. The van der Waals surface area contributed by atoms with Gasteiger partial charge in [-0.1, -0.05) is 11.6 Å². The lowest BCUT2D eigenvalue weighted by Crippen LogP contribution is -2.43. The Morgan fingerprint density at radius 1 is 1.44 bits per heavy atom. The monoisotopic (exact) mass is 241 g/mol. The summed E-state index contributed by atoms with van der Waals surface area (Å²) < 4.78 is 0. The van der Waals surface area contributed by atoms with E-state index >= 15 is 0 Å². The summed E-state index contributed by atoms with van der Waals surface area (Å²) in [4.78, 5) is 29.9. The van der Waals surface area contributed by atoms with E-state index in [1.807, 2.05) is 0 Å². The number of carboxylic acid groups (broad SMARTS) is 1. The molecule has 16 heavy (non-hydrogen) atoms. The highest BCUT2D eigenvalue weighted by atomic mass is 35.5. The van der Waals surface area contributed by atoms with Crippen LogP contribution in [0.3, 0.4) is 0 Å². The number of halogens is 1. The number of amides is 1. The van der Waals surface area contributed by atoms with Crippen LogP contribution in [0.15, 0.2) is 12.4 Å². The van der Waals surface area contributed by atoms with Crippen LogP contribution >= 0.6 is 11.6 Å². The van der Waals surface area contributed by atoms with Gasteiger partial charge in [0.15, 0.2) is 0 Å². The van der Waals surface area contributed by atoms with Crippen LogP contribution in [0.4, 0.5) is 0 Å². The quantitative estimate of drug-likeness (QED) is 0.803. The maximum absolute atomic E-state index is 11.6. The first kappa shape index (κ1) is 10.8. The number of nitrogens with zero attached hydrogens (tertiary/aromatic N) is 2. The molecule has 0 bridgehead atoms. The van der Waals surface area contributed by atoms with Gasteiger partial charge in [-0.25, -0.2) is 9.78 Å². The molecule has 0 saturated heterocycles. The third-order valence-corrected chi connectivity index (χ3v) is 2.53. The smallest absolute Gasteiger partial charge is 0.329 e. The molecule has 0 atom stereocenters. The number of carbonyl (C=O) groups excluding carboxylic acids is 1.